The zero-order chi connectivity index (χ0) is 24.9. The quantitative estimate of drug-likeness (QED) is 0.479. The number of carbonyl (C=O) groups excluding carboxylic acids is 1. The standard InChI is InChI=1S/C28H29N3O3S/c1-16-6-9-19(10-7-16)31-27(35)30-25-21-15-20(33-5)11-13-23(21)34-28(31,4)24(25)26(32)29-22-12-8-17(2)14-18(22)3/h6-15,24-25H,1-5H3,(H,29,32)(H,30,35)/t24-,25+,28+/m0/s1. The van der Waals surface area contributed by atoms with Crippen molar-refractivity contribution in [3.63, 3.8) is 0 Å². The molecule has 5 rings (SSSR count). The number of anilines is 2. The van der Waals surface area contributed by atoms with Crippen molar-refractivity contribution in [3.05, 3.63) is 82.9 Å². The number of hydrogen-bond donors (Lipinski definition) is 2. The van der Waals surface area contributed by atoms with Crippen molar-refractivity contribution in [1.82, 2.24) is 5.32 Å². The van der Waals surface area contributed by atoms with Crippen molar-refractivity contribution >= 4 is 34.6 Å². The van der Waals surface area contributed by atoms with Crippen molar-refractivity contribution in [2.45, 2.75) is 39.5 Å². The summed E-state index contributed by atoms with van der Waals surface area (Å²) in [5, 5.41) is 7.11. The molecule has 2 heterocycles. The van der Waals surface area contributed by atoms with Gasteiger partial charge in [-0.15, -0.1) is 0 Å². The van der Waals surface area contributed by atoms with Crippen LogP contribution in [0.4, 0.5) is 11.4 Å². The lowest BCUT2D eigenvalue weighted by molar-refractivity contribution is -0.130. The first-order chi connectivity index (χ1) is 16.7. The van der Waals surface area contributed by atoms with Gasteiger partial charge < -0.3 is 20.1 Å². The van der Waals surface area contributed by atoms with E-state index in [4.69, 9.17) is 21.7 Å². The fraction of sp³-hybridized carbons (Fsp3) is 0.286. The predicted octanol–water partition coefficient (Wildman–Crippen LogP) is 5.42. The van der Waals surface area contributed by atoms with E-state index < -0.39 is 11.6 Å². The van der Waals surface area contributed by atoms with Crippen LogP contribution in [0, 0.1) is 26.7 Å². The van der Waals surface area contributed by atoms with Gasteiger partial charge in [0.1, 0.15) is 17.4 Å². The molecule has 3 atom stereocenters. The molecule has 0 saturated carbocycles. The van der Waals surface area contributed by atoms with Gasteiger partial charge in [0, 0.05) is 16.9 Å². The fourth-order valence-corrected chi connectivity index (χ4v) is 5.55. The Bertz CT molecular complexity index is 1320. The number of rotatable bonds is 4. The molecule has 2 aliphatic heterocycles. The van der Waals surface area contributed by atoms with Gasteiger partial charge in [-0.2, -0.15) is 0 Å². The van der Waals surface area contributed by atoms with Crippen molar-refractivity contribution in [3.8, 4) is 11.5 Å². The molecule has 0 unspecified atom stereocenters. The highest BCUT2D eigenvalue weighted by Crippen LogP contribution is 2.50. The summed E-state index contributed by atoms with van der Waals surface area (Å²) in [6.45, 7) is 8.00. The third-order valence-electron chi connectivity index (χ3n) is 6.92. The number of ether oxygens (including phenoxy) is 2. The summed E-state index contributed by atoms with van der Waals surface area (Å²) in [7, 11) is 1.62. The van der Waals surface area contributed by atoms with Gasteiger partial charge in [-0.3, -0.25) is 9.69 Å². The molecule has 1 saturated heterocycles. The van der Waals surface area contributed by atoms with Crippen LogP contribution in [0.2, 0.25) is 0 Å². The molecule has 6 nitrogen and oxygen atoms in total. The van der Waals surface area contributed by atoms with Crippen LogP contribution in [-0.2, 0) is 4.79 Å². The molecule has 2 aliphatic rings. The van der Waals surface area contributed by atoms with Crippen molar-refractivity contribution in [2.24, 2.45) is 5.92 Å². The summed E-state index contributed by atoms with van der Waals surface area (Å²) in [5.74, 6) is 0.625. The second kappa shape index (κ2) is 8.57. The Morgan fingerprint density at radius 1 is 1.06 bits per heavy atom. The normalized spacial score (nSPS) is 22.5. The highest BCUT2D eigenvalue weighted by Gasteiger charge is 2.59. The largest absolute Gasteiger partial charge is 0.497 e. The third-order valence-corrected chi connectivity index (χ3v) is 7.22. The maximum atomic E-state index is 14.0. The molecule has 0 aliphatic carbocycles. The smallest absolute Gasteiger partial charge is 0.236 e. The van der Waals surface area contributed by atoms with E-state index in [1.165, 1.54) is 0 Å². The highest BCUT2D eigenvalue weighted by molar-refractivity contribution is 7.80. The minimum atomic E-state index is -1.06. The van der Waals surface area contributed by atoms with Crippen LogP contribution in [0.5, 0.6) is 11.5 Å². The molecule has 3 aromatic rings. The van der Waals surface area contributed by atoms with Crippen LogP contribution in [0.15, 0.2) is 60.7 Å². The molecular weight excluding hydrogens is 458 g/mol. The minimum absolute atomic E-state index is 0.148. The second-order valence-corrected chi connectivity index (χ2v) is 9.83. The topological polar surface area (TPSA) is 62.8 Å². The Labute approximate surface area is 211 Å². The SMILES string of the molecule is COc1ccc2c(c1)[C@H]1NC(=S)N(c3ccc(C)cc3)[C@](C)(O2)[C@@H]1C(=O)Nc1ccc(C)cc1C. The summed E-state index contributed by atoms with van der Waals surface area (Å²) in [6, 6.07) is 19.3. The number of benzene rings is 3. The Morgan fingerprint density at radius 3 is 2.46 bits per heavy atom. The van der Waals surface area contributed by atoms with Crippen LogP contribution in [0.1, 0.15) is 35.2 Å². The van der Waals surface area contributed by atoms with Gasteiger partial charge in [-0.05, 0) is 81.9 Å². The van der Waals surface area contributed by atoms with E-state index in [1.807, 2.05) is 87.2 Å². The summed E-state index contributed by atoms with van der Waals surface area (Å²) in [6.07, 6.45) is 0. The molecule has 35 heavy (non-hydrogen) atoms. The summed E-state index contributed by atoms with van der Waals surface area (Å²) < 4.78 is 12.1. The number of amides is 1. The molecule has 1 amide bonds. The van der Waals surface area contributed by atoms with E-state index in [9.17, 15) is 4.79 Å². The third kappa shape index (κ3) is 3.90. The molecule has 0 aromatic heterocycles. The van der Waals surface area contributed by atoms with Gasteiger partial charge in [0.2, 0.25) is 5.91 Å². The molecule has 2 bridgehead atoms. The number of thiocarbonyl (C=S) groups is 1. The van der Waals surface area contributed by atoms with Gasteiger partial charge in [0.25, 0.3) is 0 Å². The van der Waals surface area contributed by atoms with E-state index in [1.54, 1.807) is 7.11 Å². The Hall–Kier alpha value is -3.58. The summed E-state index contributed by atoms with van der Waals surface area (Å²) in [4.78, 5) is 15.9. The molecule has 0 spiro atoms. The molecular formula is C28H29N3O3S. The van der Waals surface area contributed by atoms with E-state index in [2.05, 4.69) is 16.7 Å². The molecule has 3 aromatic carbocycles. The number of nitrogens with zero attached hydrogens (tertiary/aromatic N) is 1. The first-order valence-electron chi connectivity index (χ1n) is 11.6. The second-order valence-electron chi connectivity index (χ2n) is 9.44. The lowest BCUT2D eigenvalue weighted by atomic mass is 9.78. The minimum Gasteiger partial charge on any atom is -0.497 e. The molecule has 0 radical (unpaired) electrons. The van der Waals surface area contributed by atoms with Crippen LogP contribution >= 0.6 is 12.2 Å². The van der Waals surface area contributed by atoms with Gasteiger partial charge in [0.15, 0.2) is 10.8 Å². The first-order valence-corrected chi connectivity index (χ1v) is 12.0. The predicted molar refractivity (Wildman–Crippen MR) is 142 cm³/mol. The van der Waals surface area contributed by atoms with E-state index in [-0.39, 0.29) is 11.9 Å². The number of nitrogens with one attached hydrogen (secondary N) is 2. The van der Waals surface area contributed by atoms with Crippen LogP contribution < -0.4 is 25.0 Å². The number of methoxy groups -OCH3 is 1. The van der Waals surface area contributed by atoms with Gasteiger partial charge >= 0.3 is 0 Å². The Kier molecular flexibility index (Phi) is 5.68. The van der Waals surface area contributed by atoms with Crippen molar-refractivity contribution < 1.29 is 14.3 Å². The van der Waals surface area contributed by atoms with E-state index in [0.717, 1.165) is 33.6 Å². The van der Waals surface area contributed by atoms with Crippen molar-refractivity contribution in [1.29, 1.82) is 0 Å². The average Bonchev–Trinajstić information content (AvgIpc) is 2.81. The molecule has 7 heteroatoms. The lowest BCUT2D eigenvalue weighted by Crippen LogP contribution is -2.72. The Balaban J connectivity index is 1.63. The Morgan fingerprint density at radius 2 is 1.77 bits per heavy atom. The zero-order valence-electron chi connectivity index (χ0n) is 20.5. The summed E-state index contributed by atoms with van der Waals surface area (Å²) in [5.41, 5.74) is 4.70. The monoisotopic (exact) mass is 487 g/mol. The maximum absolute atomic E-state index is 14.0. The number of fused-ring (bicyclic) bond motifs is 4. The number of aryl methyl sites for hydroxylation is 3. The van der Waals surface area contributed by atoms with Gasteiger partial charge in [-0.25, -0.2) is 0 Å². The molecule has 180 valence electrons. The molecule has 2 N–H and O–H groups in total. The highest BCUT2D eigenvalue weighted by atomic mass is 32.1. The van der Waals surface area contributed by atoms with Gasteiger partial charge in [0.05, 0.1) is 13.2 Å². The number of hydrogen-bond acceptors (Lipinski definition) is 4. The van der Waals surface area contributed by atoms with Crippen LogP contribution in [0.3, 0.4) is 0 Å². The van der Waals surface area contributed by atoms with Gasteiger partial charge in [-0.1, -0.05) is 35.4 Å². The zero-order valence-corrected chi connectivity index (χ0v) is 21.3. The average molecular weight is 488 g/mol. The van der Waals surface area contributed by atoms with Crippen LogP contribution in [0.25, 0.3) is 0 Å². The van der Waals surface area contributed by atoms with E-state index >= 15 is 0 Å². The number of carbonyl (C=O) groups is 1. The molecule has 1 fully saturated rings. The maximum Gasteiger partial charge on any atom is 0.236 e. The summed E-state index contributed by atoms with van der Waals surface area (Å²) >= 11 is 5.83. The van der Waals surface area contributed by atoms with E-state index in [0.29, 0.717) is 16.6 Å². The van der Waals surface area contributed by atoms with Crippen LogP contribution in [-0.4, -0.2) is 23.9 Å². The first kappa shape index (κ1) is 23.2. The van der Waals surface area contributed by atoms with Crippen molar-refractivity contribution in [2.75, 3.05) is 17.3 Å². The lowest BCUT2D eigenvalue weighted by Gasteiger charge is -2.56. The fourth-order valence-electron chi connectivity index (χ4n) is 5.14.